The Labute approximate surface area is 91.1 Å². The van der Waals surface area contributed by atoms with Crippen LogP contribution in [0.15, 0.2) is 12.4 Å². The fourth-order valence-corrected chi connectivity index (χ4v) is 1.90. The highest BCUT2D eigenvalue weighted by Gasteiger charge is 2.12. The summed E-state index contributed by atoms with van der Waals surface area (Å²) in [4.78, 5) is 3.68. The second-order valence-corrected chi connectivity index (χ2v) is 4.87. The largest absolute Gasteiger partial charge is 0.302 e. The van der Waals surface area contributed by atoms with E-state index in [2.05, 4.69) is 4.98 Å². The number of rotatable bonds is 3. The smallest absolute Gasteiger partial charge is 0.262 e. The topological polar surface area (TPSA) is 47.0 Å². The first-order chi connectivity index (χ1) is 6.40. The Bertz CT molecular complexity index is 415. The maximum absolute atomic E-state index is 12.2. The molecule has 0 atom stereocenters. The molecule has 1 aromatic rings. The molecular formula is C7H6Cl2FNO2S. The van der Waals surface area contributed by atoms with Crippen molar-refractivity contribution in [1.29, 1.82) is 0 Å². The van der Waals surface area contributed by atoms with E-state index in [9.17, 15) is 12.3 Å². The summed E-state index contributed by atoms with van der Waals surface area (Å²) in [6.45, 7) is 0. The summed E-state index contributed by atoms with van der Waals surface area (Å²) in [5.41, 5.74) is 0.393. The minimum atomic E-state index is -4.49. The fourth-order valence-electron chi connectivity index (χ4n) is 0.901. The predicted molar refractivity (Wildman–Crippen MR) is 52.9 cm³/mol. The third-order valence-corrected chi connectivity index (χ3v) is 2.89. The van der Waals surface area contributed by atoms with Crippen LogP contribution in [0.25, 0.3) is 0 Å². The van der Waals surface area contributed by atoms with Gasteiger partial charge in [-0.2, -0.15) is 8.42 Å². The van der Waals surface area contributed by atoms with Crippen molar-refractivity contribution in [2.45, 2.75) is 6.42 Å². The molecule has 1 heterocycles. The molecule has 0 aromatic carbocycles. The van der Waals surface area contributed by atoms with E-state index in [1.807, 2.05) is 0 Å². The summed E-state index contributed by atoms with van der Waals surface area (Å²) in [6, 6.07) is 0. The summed E-state index contributed by atoms with van der Waals surface area (Å²) in [5, 5.41) is 0.474. The molecule has 0 saturated carbocycles. The van der Waals surface area contributed by atoms with Crippen LogP contribution < -0.4 is 0 Å². The van der Waals surface area contributed by atoms with Crippen LogP contribution in [-0.4, -0.2) is 19.2 Å². The lowest BCUT2D eigenvalue weighted by Crippen LogP contribution is -2.03. The van der Waals surface area contributed by atoms with Gasteiger partial charge in [-0.25, -0.2) is 0 Å². The van der Waals surface area contributed by atoms with Gasteiger partial charge in [-0.15, -0.1) is 3.89 Å². The van der Waals surface area contributed by atoms with E-state index >= 15 is 0 Å². The van der Waals surface area contributed by atoms with E-state index in [0.29, 0.717) is 5.56 Å². The Morgan fingerprint density at radius 2 is 1.79 bits per heavy atom. The molecule has 0 amide bonds. The molecule has 0 spiro atoms. The second kappa shape index (κ2) is 4.42. The standard InChI is InChI=1S/C7H6Cl2FNO2S/c8-6-3-11-4-7(9)5(6)1-2-14(10,12)13/h3-4H,1-2H2. The number of halogens is 3. The van der Waals surface area contributed by atoms with Gasteiger partial charge in [0.2, 0.25) is 0 Å². The zero-order valence-corrected chi connectivity index (χ0v) is 9.20. The molecule has 0 unspecified atom stereocenters. The average Bonchev–Trinajstić information content (AvgIpc) is 2.01. The average molecular weight is 258 g/mol. The Balaban J connectivity index is 2.87. The van der Waals surface area contributed by atoms with Gasteiger partial charge in [0.15, 0.2) is 0 Å². The number of hydrogen-bond acceptors (Lipinski definition) is 3. The third-order valence-electron chi connectivity index (χ3n) is 1.55. The van der Waals surface area contributed by atoms with Gasteiger partial charge >= 0.3 is 10.2 Å². The lowest BCUT2D eigenvalue weighted by Gasteiger charge is -2.03. The molecule has 0 saturated heterocycles. The van der Waals surface area contributed by atoms with E-state index in [0.717, 1.165) is 0 Å². The van der Waals surface area contributed by atoms with E-state index in [1.54, 1.807) is 0 Å². The molecule has 3 nitrogen and oxygen atoms in total. The van der Waals surface area contributed by atoms with Gasteiger partial charge in [0, 0.05) is 12.4 Å². The Morgan fingerprint density at radius 3 is 2.21 bits per heavy atom. The van der Waals surface area contributed by atoms with Crippen molar-refractivity contribution in [2.24, 2.45) is 0 Å². The summed E-state index contributed by atoms with van der Waals surface area (Å²) < 4.78 is 32.7. The Kier molecular flexibility index (Phi) is 3.69. The monoisotopic (exact) mass is 257 g/mol. The normalized spacial score (nSPS) is 11.6. The molecule has 0 radical (unpaired) electrons. The number of pyridine rings is 1. The van der Waals surface area contributed by atoms with Crippen LogP contribution in [0.5, 0.6) is 0 Å². The first-order valence-corrected chi connectivity index (χ1v) is 5.91. The number of nitrogens with zero attached hydrogens (tertiary/aromatic N) is 1. The van der Waals surface area contributed by atoms with Crippen molar-refractivity contribution in [3.8, 4) is 0 Å². The zero-order chi connectivity index (χ0) is 10.8. The number of aromatic nitrogens is 1. The third kappa shape index (κ3) is 3.40. The van der Waals surface area contributed by atoms with Crippen LogP contribution in [0.3, 0.4) is 0 Å². The van der Waals surface area contributed by atoms with E-state index in [4.69, 9.17) is 23.2 Å². The van der Waals surface area contributed by atoms with Gasteiger partial charge < -0.3 is 0 Å². The van der Waals surface area contributed by atoms with E-state index in [-0.39, 0.29) is 16.5 Å². The molecule has 78 valence electrons. The van der Waals surface area contributed by atoms with Crippen molar-refractivity contribution in [3.05, 3.63) is 28.0 Å². The Hall–Kier alpha value is -0.390. The van der Waals surface area contributed by atoms with E-state index in [1.165, 1.54) is 12.4 Å². The minimum absolute atomic E-state index is 0.0565. The van der Waals surface area contributed by atoms with Crippen LogP contribution in [-0.2, 0) is 16.6 Å². The molecule has 0 aliphatic heterocycles. The highest BCUT2D eigenvalue weighted by molar-refractivity contribution is 7.86. The van der Waals surface area contributed by atoms with Gasteiger partial charge in [-0.05, 0) is 12.0 Å². The van der Waals surface area contributed by atoms with Crippen molar-refractivity contribution in [1.82, 2.24) is 4.98 Å². The predicted octanol–water partition coefficient (Wildman–Crippen LogP) is 2.23. The summed E-state index contributed by atoms with van der Waals surface area (Å²) in [6.07, 6.45) is 2.60. The highest BCUT2D eigenvalue weighted by atomic mass is 35.5. The van der Waals surface area contributed by atoms with Gasteiger partial charge in [-0.1, -0.05) is 23.2 Å². The highest BCUT2D eigenvalue weighted by Crippen LogP contribution is 2.23. The summed E-state index contributed by atoms with van der Waals surface area (Å²) >= 11 is 11.4. The quantitative estimate of drug-likeness (QED) is 0.781. The van der Waals surface area contributed by atoms with Crippen molar-refractivity contribution >= 4 is 33.4 Å². The van der Waals surface area contributed by atoms with Crippen LogP contribution in [0.4, 0.5) is 3.89 Å². The molecule has 1 aromatic heterocycles. The lowest BCUT2D eigenvalue weighted by molar-refractivity contribution is 0.551. The molecule has 0 fully saturated rings. The van der Waals surface area contributed by atoms with E-state index < -0.39 is 16.0 Å². The van der Waals surface area contributed by atoms with Crippen molar-refractivity contribution in [2.75, 3.05) is 5.75 Å². The molecular weight excluding hydrogens is 252 g/mol. The van der Waals surface area contributed by atoms with Gasteiger partial charge in [0.25, 0.3) is 0 Å². The van der Waals surface area contributed by atoms with Gasteiger partial charge in [-0.3, -0.25) is 4.98 Å². The van der Waals surface area contributed by atoms with Crippen LogP contribution in [0.1, 0.15) is 5.56 Å². The van der Waals surface area contributed by atoms with Crippen molar-refractivity contribution < 1.29 is 12.3 Å². The maximum atomic E-state index is 12.2. The lowest BCUT2D eigenvalue weighted by atomic mass is 10.2. The minimum Gasteiger partial charge on any atom is -0.262 e. The zero-order valence-electron chi connectivity index (χ0n) is 6.87. The molecule has 14 heavy (non-hydrogen) atoms. The van der Waals surface area contributed by atoms with Crippen LogP contribution >= 0.6 is 23.2 Å². The van der Waals surface area contributed by atoms with Crippen LogP contribution in [0.2, 0.25) is 10.0 Å². The molecule has 0 bridgehead atoms. The molecule has 1 rings (SSSR count). The molecule has 0 aliphatic rings. The molecule has 0 N–H and O–H groups in total. The number of hydrogen-bond donors (Lipinski definition) is 0. The molecule has 0 aliphatic carbocycles. The fraction of sp³-hybridized carbons (Fsp3) is 0.286. The second-order valence-electron chi connectivity index (χ2n) is 2.57. The maximum Gasteiger partial charge on any atom is 0.302 e. The SMILES string of the molecule is O=S(=O)(F)CCc1c(Cl)cncc1Cl. The summed E-state index contributed by atoms with van der Waals surface area (Å²) in [7, 11) is -4.49. The first kappa shape index (κ1) is 11.7. The first-order valence-electron chi connectivity index (χ1n) is 3.60. The Morgan fingerprint density at radius 1 is 1.29 bits per heavy atom. The summed E-state index contributed by atoms with van der Waals surface area (Å²) in [5.74, 6) is -0.629. The van der Waals surface area contributed by atoms with Gasteiger partial charge in [0.05, 0.1) is 15.8 Å². The molecule has 7 heteroatoms. The van der Waals surface area contributed by atoms with Gasteiger partial charge in [0.1, 0.15) is 0 Å². The van der Waals surface area contributed by atoms with Crippen molar-refractivity contribution in [3.63, 3.8) is 0 Å². The van der Waals surface area contributed by atoms with Crippen LogP contribution in [0, 0.1) is 0 Å².